The number of hydrogen-bond donors (Lipinski definition) is 4. The number of amides is 1. The molecule has 1 unspecified atom stereocenters. The Bertz CT molecular complexity index is 996. The number of hydrogen-bond acceptors (Lipinski definition) is 5. The van der Waals surface area contributed by atoms with E-state index in [0.29, 0.717) is 23.8 Å². The molecule has 28 heavy (non-hydrogen) atoms. The van der Waals surface area contributed by atoms with Gasteiger partial charge in [0.2, 0.25) is 5.82 Å². The van der Waals surface area contributed by atoms with Crippen LogP contribution in [0.4, 0.5) is 0 Å². The number of nitrogens with one attached hydrogen (secondary N) is 4. The van der Waals surface area contributed by atoms with E-state index in [9.17, 15) is 4.79 Å². The maximum Gasteiger partial charge on any atom is 0.291 e. The summed E-state index contributed by atoms with van der Waals surface area (Å²) in [6, 6.07) is 13.5. The summed E-state index contributed by atoms with van der Waals surface area (Å²) < 4.78 is 0. The summed E-state index contributed by atoms with van der Waals surface area (Å²) in [6.45, 7) is 0. The van der Waals surface area contributed by atoms with Crippen LogP contribution in [0, 0.1) is 0 Å². The van der Waals surface area contributed by atoms with Gasteiger partial charge < -0.3 is 15.3 Å². The van der Waals surface area contributed by atoms with Gasteiger partial charge in [-0.25, -0.2) is 9.97 Å². The van der Waals surface area contributed by atoms with Crippen LogP contribution in [-0.4, -0.2) is 41.8 Å². The van der Waals surface area contributed by atoms with E-state index in [1.54, 1.807) is 24.2 Å². The molecule has 0 spiro atoms. The predicted molar refractivity (Wildman–Crippen MR) is 106 cm³/mol. The molecular weight excluding hydrogens is 374 g/mol. The van der Waals surface area contributed by atoms with Crippen molar-refractivity contribution in [2.75, 3.05) is 5.75 Å². The molecule has 0 fully saturated rings. The summed E-state index contributed by atoms with van der Waals surface area (Å²) in [6.07, 6.45) is 5.85. The average Bonchev–Trinajstić information content (AvgIpc) is 3.48. The van der Waals surface area contributed by atoms with E-state index in [1.807, 2.05) is 48.7 Å². The van der Waals surface area contributed by atoms with Gasteiger partial charge in [0, 0.05) is 30.8 Å². The third-order valence-corrected chi connectivity index (χ3v) is 5.14. The molecule has 0 bridgehead atoms. The van der Waals surface area contributed by atoms with Gasteiger partial charge in [0.1, 0.15) is 11.6 Å². The van der Waals surface area contributed by atoms with E-state index < -0.39 is 0 Å². The predicted octanol–water partition coefficient (Wildman–Crippen LogP) is 2.71. The zero-order chi connectivity index (χ0) is 19.2. The zero-order valence-electron chi connectivity index (χ0n) is 14.9. The van der Waals surface area contributed by atoms with Crippen LogP contribution in [0.1, 0.15) is 33.9 Å². The Morgan fingerprint density at radius 1 is 1.11 bits per heavy atom. The third kappa shape index (κ3) is 4.49. The molecule has 8 nitrogen and oxygen atoms in total. The Hall–Kier alpha value is -3.33. The van der Waals surface area contributed by atoms with E-state index in [2.05, 4.69) is 35.5 Å². The number of imidazole rings is 1. The lowest BCUT2D eigenvalue weighted by Crippen LogP contribution is -2.31. The van der Waals surface area contributed by atoms with E-state index in [1.165, 1.54) is 0 Å². The highest BCUT2D eigenvalue weighted by molar-refractivity contribution is 7.99. The fourth-order valence-corrected chi connectivity index (χ4v) is 3.64. The van der Waals surface area contributed by atoms with E-state index in [0.717, 1.165) is 10.6 Å². The minimum Gasteiger partial charge on any atom is -0.356 e. The van der Waals surface area contributed by atoms with Crippen LogP contribution in [0.5, 0.6) is 0 Å². The van der Waals surface area contributed by atoms with Gasteiger partial charge in [-0.1, -0.05) is 30.3 Å². The Labute approximate surface area is 165 Å². The number of thioether (sulfide) groups is 1. The molecule has 4 aromatic rings. The normalized spacial score (nSPS) is 12.0. The fraction of sp³-hybridized carbons (Fsp3) is 0.158. The van der Waals surface area contributed by atoms with Crippen LogP contribution in [0.3, 0.4) is 0 Å². The molecule has 0 aliphatic carbocycles. The number of carbonyl (C=O) groups excluding carboxylic acids is 1. The summed E-state index contributed by atoms with van der Waals surface area (Å²) in [7, 11) is 0. The van der Waals surface area contributed by atoms with Crippen LogP contribution in [0.2, 0.25) is 0 Å². The summed E-state index contributed by atoms with van der Waals surface area (Å²) >= 11 is 1.60. The lowest BCUT2D eigenvalue weighted by Gasteiger charge is -2.15. The van der Waals surface area contributed by atoms with Gasteiger partial charge in [-0.05, 0) is 17.7 Å². The molecule has 3 heterocycles. The van der Waals surface area contributed by atoms with Gasteiger partial charge in [0.15, 0.2) is 0 Å². The maximum atomic E-state index is 12.7. The second-order valence-electron chi connectivity index (χ2n) is 6.11. The number of nitrogens with zero attached hydrogens (tertiary/aromatic N) is 3. The van der Waals surface area contributed by atoms with Crippen molar-refractivity contribution in [1.29, 1.82) is 0 Å². The van der Waals surface area contributed by atoms with Crippen molar-refractivity contribution in [2.24, 2.45) is 0 Å². The monoisotopic (exact) mass is 393 g/mol. The highest BCUT2D eigenvalue weighted by Crippen LogP contribution is 2.22. The highest BCUT2D eigenvalue weighted by Gasteiger charge is 2.21. The molecule has 3 aromatic heterocycles. The van der Waals surface area contributed by atoms with Crippen LogP contribution in [0.15, 0.2) is 66.1 Å². The van der Waals surface area contributed by atoms with E-state index in [-0.39, 0.29) is 17.8 Å². The van der Waals surface area contributed by atoms with E-state index >= 15 is 0 Å². The molecule has 0 saturated carbocycles. The molecule has 0 saturated heterocycles. The summed E-state index contributed by atoms with van der Waals surface area (Å²) in [4.78, 5) is 27.5. The van der Waals surface area contributed by atoms with Crippen molar-refractivity contribution < 1.29 is 4.79 Å². The van der Waals surface area contributed by atoms with Gasteiger partial charge in [-0.15, -0.1) is 16.9 Å². The molecule has 0 aliphatic heterocycles. The molecule has 9 heteroatoms. The smallest absolute Gasteiger partial charge is 0.291 e. The van der Waals surface area contributed by atoms with Gasteiger partial charge in [0.05, 0.1) is 11.1 Å². The molecule has 1 amide bonds. The second kappa shape index (κ2) is 8.57. The lowest BCUT2D eigenvalue weighted by atomic mass is 10.1. The van der Waals surface area contributed by atoms with Crippen molar-refractivity contribution in [2.45, 2.75) is 17.5 Å². The van der Waals surface area contributed by atoms with Crippen molar-refractivity contribution in [3.8, 4) is 0 Å². The molecule has 1 atom stereocenters. The molecule has 0 radical (unpaired) electrons. The Balaban J connectivity index is 1.42. The summed E-state index contributed by atoms with van der Waals surface area (Å²) in [5, 5.41) is 10.9. The Kier molecular flexibility index (Phi) is 5.53. The van der Waals surface area contributed by atoms with Crippen LogP contribution in [-0.2, 0) is 6.42 Å². The number of rotatable bonds is 8. The van der Waals surface area contributed by atoms with Crippen LogP contribution < -0.4 is 5.32 Å². The van der Waals surface area contributed by atoms with Crippen molar-refractivity contribution >= 4 is 17.7 Å². The topological polar surface area (TPSA) is 115 Å². The number of H-pyrrole nitrogens is 3. The summed E-state index contributed by atoms with van der Waals surface area (Å²) in [5.41, 5.74) is 1.10. The van der Waals surface area contributed by atoms with Crippen molar-refractivity contribution in [3.63, 3.8) is 0 Å². The van der Waals surface area contributed by atoms with Gasteiger partial charge in [0.25, 0.3) is 5.91 Å². The number of aromatic nitrogens is 6. The number of aromatic amines is 3. The molecule has 142 valence electrons. The highest BCUT2D eigenvalue weighted by atomic mass is 32.2. The SMILES string of the molecule is O=C(NC(CSc1ccc[nH]1)c1ncc[nH]1)c1n[nH]c(Cc2ccccc2)n1. The zero-order valence-corrected chi connectivity index (χ0v) is 15.7. The largest absolute Gasteiger partial charge is 0.356 e. The maximum absolute atomic E-state index is 12.7. The molecule has 4 rings (SSSR count). The van der Waals surface area contributed by atoms with E-state index in [4.69, 9.17) is 0 Å². The van der Waals surface area contributed by atoms with Gasteiger partial charge >= 0.3 is 0 Å². The minimum atomic E-state index is -0.343. The van der Waals surface area contributed by atoms with Crippen molar-refractivity contribution in [1.82, 2.24) is 35.5 Å². The van der Waals surface area contributed by atoms with Crippen molar-refractivity contribution in [3.05, 3.63) is 84.1 Å². The number of benzene rings is 1. The average molecular weight is 393 g/mol. The molecule has 0 aliphatic rings. The first kappa shape index (κ1) is 18.1. The quantitative estimate of drug-likeness (QED) is 0.344. The first-order chi connectivity index (χ1) is 13.8. The van der Waals surface area contributed by atoms with Crippen LogP contribution >= 0.6 is 11.8 Å². The first-order valence-electron chi connectivity index (χ1n) is 8.79. The Morgan fingerprint density at radius 3 is 2.75 bits per heavy atom. The fourth-order valence-electron chi connectivity index (χ4n) is 2.72. The molecule has 4 N–H and O–H groups in total. The standard InChI is InChI=1S/C19H19N7OS/c27-19(18-24-15(25-26-18)11-13-5-2-1-3-6-13)23-14(17-21-9-10-22-17)12-28-16-7-4-8-20-16/h1-10,14,20H,11-12H2,(H,21,22)(H,23,27)(H,24,25,26). The minimum absolute atomic E-state index is 0.118. The molecular formula is C19H19N7OS. The lowest BCUT2D eigenvalue weighted by molar-refractivity contribution is 0.0929. The van der Waals surface area contributed by atoms with Crippen LogP contribution in [0.25, 0.3) is 0 Å². The van der Waals surface area contributed by atoms with Gasteiger partial charge in [-0.2, -0.15) is 0 Å². The second-order valence-corrected chi connectivity index (χ2v) is 7.18. The third-order valence-electron chi connectivity index (χ3n) is 4.08. The number of carbonyl (C=O) groups is 1. The summed E-state index contributed by atoms with van der Waals surface area (Å²) in [5.74, 6) is 1.72. The molecule has 1 aromatic carbocycles. The van der Waals surface area contributed by atoms with Gasteiger partial charge in [-0.3, -0.25) is 9.89 Å². The Morgan fingerprint density at radius 2 is 2.00 bits per heavy atom. The first-order valence-corrected chi connectivity index (χ1v) is 9.78.